The molecule has 0 spiro atoms. The van der Waals surface area contributed by atoms with Crippen LogP contribution in [0.3, 0.4) is 0 Å². The van der Waals surface area contributed by atoms with Crippen LogP contribution in [-0.4, -0.2) is 36.5 Å². The number of nitrogens with zero attached hydrogens (tertiary/aromatic N) is 1. The number of rotatable bonds is 3. The molecule has 0 aromatic heterocycles. The summed E-state index contributed by atoms with van der Waals surface area (Å²) in [5, 5.41) is 0. The fraction of sp³-hybridized carbons (Fsp3) is 0.529. The molecule has 22 heavy (non-hydrogen) atoms. The second-order valence-corrected chi connectivity index (χ2v) is 6.07. The highest BCUT2D eigenvalue weighted by Crippen LogP contribution is 2.32. The molecule has 0 N–H and O–H groups in total. The Balaban J connectivity index is 2.20. The molecule has 5 heteroatoms. The van der Waals surface area contributed by atoms with Crippen LogP contribution in [0.4, 0.5) is 4.39 Å². The van der Waals surface area contributed by atoms with E-state index in [0.29, 0.717) is 31.7 Å². The fourth-order valence-corrected chi connectivity index (χ4v) is 2.88. The molecule has 0 saturated carbocycles. The topological polar surface area (TPSA) is 46.6 Å². The summed E-state index contributed by atoms with van der Waals surface area (Å²) in [6.07, 6.45) is 1.42. The van der Waals surface area contributed by atoms with E-state index >= 15 is 0 Å². The number of likely N-dealkylation sites (tertiary alicyclic amines) is 1. The van der Waals surface area contributed by atoms with Crippen LogP contribution < -0.4 is 0 Å². The van der Waals surface area contributed by atoms with Crippen molar-refractivity contribution in [3.05, 3.63) is 35.1 Å². The quantitative estimate of drug-likeness (QED) is 0.807. The Morgan fingerprint density at radius 1 is 1.41 bits per heavy atom. The predicted octanol–water partition coefficient (Wildman–Crippen LogP) is 2.94. The van der Waals surface area contributed by atoms with Crippen molar-refractivity contribution in [3.63, 3.8) is 0 Å². The molecule has 1 saturated heterocycles. The summed E-state index contributed by atoms with van der Waals surface area (Å²) < 4.78 is 18.5. The summed E-state index contributed by atoms with van der Waals surface area (Å²) in [6.45, 7) is 6.57. The van der Waals surface area contributed by atoms with Crippen molar-refractivity contribution in [3.8, 4) is 0 Å². The minimum absolute atomic E-state index is 0.229. The maximum absolute atomic E-state index is 13.4. The molecule has 1 unspecified atom stereocenters. The van der Waals surface area contributed by atoms with Gasteiger partial charge in [-0.25, -0.2) is 4.39 Å². The fourth-order valence-electron chi connectivity index (χ4n) is 2.88. The number of carbonyl (C=O) groups is 2. The van der Waals surface area contributed by atoms with Crippen LogP contribution in [-0.2, 0) is 9.53 Å². The zero-order valence-corrected chi connectivity index (χ0v) is 13.3. The van der Waals surface area contributed by atoms with Gasteiger partial charge < -0.3 is 9.64 Å². The molecule has 1 aliphatic rings. The Morgan fingerprint density at radius 3 is 2.82 bits per heavy atom. The molecule has 120 valence electrons. The summed E-state index contributed by atoms with van der Waals surface area (Å²) in [5.74, 6) is -0.935. The van der Waals surface area contributed by atoms with Gasteiger partial charge in [0.05, 0.1) is 12.0 Å². The first-order chi connectivity index (χ1) is 10.4. The van der Waals surface area contributed by atoms with Gasteiger partial charge in [-0.2, -0.15) is 0 Å². The van der Waals surface area contributed by atoms with Crippen molar-refractivity contribution < 1.29 is 18.7 Å². The Labute approximate surface area is 130 Å². The predicted molar refractivity (Wildman–Crippen MR) is 81.0 cm³/mol. The first-order valence-corrected chi connectivity index (χ1v) is 7.60. The van der Waals surface area contributed by atoms with E-state index in [-0.39, 0.29) is 11.9 Å². The molecule has 2 rings (SSSR count). The second-order valence-electron chi connectivity index (χ2n) is 6.07. The highest BCUT2D eigenvalue weighted by molar-refractivity contribution is 5.96. The van der Waals surface area contributed by atoms with Gasteiger partial charge in [0.25, 0.3) is 5.91 Å². The minimum atomic E-state index is -0.689. The van der Waals surface area contributed by atoms with E-state index in [1.54, 1.807) is 24.8 Å². The van der Waals surface area contributed by atoms with E-state index < -0.39 is 11.2 Å². The van der Waals surface area contributed by atoms with E-state index in [1.807, 2.05) is 6.92 Å². The van der Waals surface area contributed by atoms with Gasteiger partial charge in [0.15, 0.2) is 0 Å². The molecule has 1 amide bonds. The summed E-state index contributed by atoms with van der Waals surface area (Å²) in [5.41, 5.74) is 0.397. The number of amides is 1. The number of hydrogen-bond acceptors (Lipinski definition) is 3. The van der Waals surface area contributed by atoms with Gasteiger partial charge in [0, 0.05) is 18.7 Å². The maximum Gasteiger partial charge on any atom is 0.313 e. The highest BCUT2D eigenvalue weighted by atomic mass is 19.1. The lowest BCUT2D eigenvalue weighted by Crippen LogP contribution is -2.49. The molecule has 1 aromatic rings. The van der Waals surface area contributed by atoms with Crippen LogP contribution in [0.5, 0.6) is 0 Å². The van der Waals surface area contributed by atoms with E-state index in [2.05, 4.69) is 0 Å². The van der Waals surface area contributed by atoms with Crippen LogP contribution in [0.15, 0.2) is 18.2 Å². The van der Waals surface area contributed by atoms with Crippen LogP contribution in [0.25, 0.3) is 0 Å². The molecular weight excluding hydrogens is 285 g/mol. The zero-order valence-electron chi connectivity index (χ0n) is 13.3. The van der Waals surface area contributed by atoms with Crippen LogP contribution in [0, 0.1) is 18.2 Å². The molecule has 1 atom stereocenters. The van der Waals surface area contributed by atoms with Crippen LogP contribution in [0.2, 0.25) is 0 Å². The second kappa shape index (κ2) is 6.46. The number of aryl methyl sites for hydroxylation is 1. The standard InChI is InChI=1S/C17H22FNO3/c1-4-22-16(21)17(3)8-5-9-19(11-17)15(20)14-10-13(18)7-6-12(14)2/h6-7,10H,4-5,8-9,11H2,1-3H3. The van der Waals surface area contributed by atoms with Crippen molar-refractivity contribution in [2.45, 2.75) is 33.6 Å². The maximum atomic E-state index is 13.4. The smallest absolute Gasteiger partial charge is 0.313 e. The third-order valence-corrected chi connectivity index (χ3v) is 4.18. The third-order valence-electron chi connectivity index (χ3n) is 4.18. The highest BCUT2D eigenvalue weighted by Gasteiger charge is 2.40. The molecule has 0 bridgehead atoms. The first-order valence-electron chi connectivity index (χ1n) is 7.60. The van der Waals surface area contributed by atoms with Crippen molar-refractivity contribution in [1.29, 1.82) is 0 Å². The molecule has 4 nitrogen and oxygen atoms in total. The number of benzene rings is 1. The van der Waals surface area contributed by atoms with Crippen molar-refractivity contribution in [2.24, 2.45) is 5.41 Å². The van der Waals surface area contributed by atoms with Gasteiger partial charge in [0.2, 0.25) is 0 Å². The minimum Gasteiger partial charge on any atom is -0.466 e. The number of piperidine rings is 1. The van der Waals surface area contributed by atoms with Gasteiger partial charge >= 0.3 is 5.97 Å². The SMILES string of the molecule is CCOC(=O)C1(C)CCCN(C(=O)c2cc(F)ccc2C)C1. The molecule has 1 heterocycles. The number of ether oxygens (including phenoxy) is 1. The molecule has 1 aromatic carbocycles. The molecule has 0 aliphatic carbocycles. The van der Waals surface area contributed by atoms with Crippen LogP contribution in [0.1, 0.15) is 42.6 Å². The van der Waals surface area contributed by atoms with E-state index in [9.17, 15) is 14.0 Å². The van der Waals surface area contributed by atoms with Crippen molar-refractivity contribution in [1.82, 2.24) is 4.90 Å². The lowest BCUT2D eigenvalue weighted by molar-refractivity contribution is -0.157. The van der Waals surface area contributed by atoms with E-state index in [0.717, 1.165) is 12.0 Å². The average Bonchev–Trinajstić information content (AvgIpc) is 2.49. The number of halogens is 1. The van der Waals surface area contributed by atoms with Crippen molar-refractivity contribution >= 4 is 11.9 Å². The molecule has 1 fully saturated rings. The summed E-state index contributed by atoms with van der Waals surface area (Å²) in [7, 11) is 0. The molecule has 0 radical (unpaired) electrons. The largest absolute Gasteiger partial charge is 0.466 e. The van der Waals surface area contributed by atoms with Crippen molar-refractivity contribution in [2.75, 3.05) is 19.7 Å². The Hall–Kier alpha value is -1.91. The van der Waals surface area contributed by atoms with Gasteiger partial charge in [-0.3, -0.25) is 9.59 Å². The number of esters is 1. The van der Waals surface area contributed by atoms with Gasteiger partial charge in [-0.15, -0.1) is 0 Å². The number of hydrogen-bond donors (Lipinski definition) is 0. The average molecular weight is 307 g/mol. The Morgan fingerprint density at radius 2 is 2.14 bits per heavy atom. The zero-order chi connectivity index (χ0) is 16.3. The van der Waals surface area contributed by atoms with E-state index in [1.165, 1.54) is 12.1 Å². The third kappa shape index (κ3) is 3.29. The number of carbonyl (C=O) groups excluding carboxylic acids is 2. The lowest BCUT2D eigenvalue weighted by atomic mass is 9.81. The molecule has 1 aliphatic heterocycles. The summed E-state index contributed by atoms with van der Waals surface area (Å²) >= 11 is 0. The first kappa shape index (κ1) is 16.5. The lowest BCUT2D eigenvalue weighted by Gasteiger charge is -2.38. The van der Waals surface area contributed by atoms with Gasteiger partial charge in [-0.1, -0.05) is 6.07 Å². The van der Waals surface area contributed by atoms with Gasteiger partial charge in [-0.05, 0) is 51.3 Å². The Bertz CT molecular complexity index is 587. The molecular formula is C17H22FNO3. The van der Waals surface area contributed by atoms with Gasteiger partial charge in [0.1, 0.15) is 5.82 Å². The van der Waals surface area contributed by atoms with E-state index in [4.69, 9.17) is 4.74 Å². The summed E-state index contributed by atoms with van der Waals surface area (Å²) in [4.78, 5) is 26.4. The monoisotopic (exact) mass is 307 g/mol. The summed E-state index contributed by atoms with van der Waals surface area (Å²) in [6, 6.07) is 4.19. The Kier molecular flexibility index (Phi) is 4.84. The van der Waals surface area contributed by atoms with Crippen LogP contribution >= 0.6 is 0 Å². The normalized spacial score (nSPS) is 21.5.